The number of nitrogens with zero attached hydrogens (tertiary/aromatic N) is 2. The number of hydrogen-bond acceptors (Lipinski definition) is 5. The van der Waals surface area contributed by atoms with Crippen molar-refractivity contribution in [3.8, 4) is 5.75 Å². The van der Waals surface area contributed by atoms with E-state index in [2.05, 4.69) is 6.58 Å². The van der Waals surface area contributed by atoms with E-state index in [1.807, 2.05) is 0 Å². The first-order valence-electron chi connectivity index (χ1n) is 9.40. The molecule has 1 N–H and O–H groups in total. The first-order valence-corrected chi connectivity index (χ1v) is 9.40. The summed E-state index contributed by atoms with van der Waals surface area (Å²) in [6.45, 7) is 10.6. The molecule has 158 valence electrons. The van der Waals surface area contributed by atoms with Gasteiger partial charge in [-0.05, 0) is 44.5 Å². The second-order valence-electron chi connectivity index (χ2n) is 8.04. The molecule has 1 aromatic carbocycles. The van der Waals surface area contributed by atoms with E-state index in [1.165, 1.54) is 9.80 Å². The zero-order valence-corrected chi connectivity index (χ0v) is 17.1. The van der Waals surface area contributed by atoms with Crippen molar-refractivity contribution in [3.63, 3.8) is 0 Å². The zero-order chi connectivity index (χ0) is 21.6. The summed E-state index contributed by atoms with van der Waals surface area (Å²) in [6, 6.07) is 5.07. The molecule has 0 atom stereocenters. The zero-order valence-electron chi connectivity index (χ0n) is 17.1. The number of likely N-dealkylation sites (tertiary alicyclic amines) is 1. The van der Waals surface area contributed by atoms with Gasteiger partial charge in [0.2, 0.25) is 0 Å². The molecule has 1 aliphatic rings. The van der Waals surface area contributed by atoms with Crippen molar-refractivity contribution in [2.75, 3.05) is 26.2 Å². The molecule has 8 nitrogen and oxygen atoms in total. The number of benzene rings is 1. The van der Waals surface area contributed by atoms with Crippen LogP contribution in [0, 0.1) is 5.92 Å². The molecule has 0 saturated carbocycles. The molecule has 1 aliphatic heterocycles. The summed E-state index contributed by atoms with van der Waals surface area (Å²) in [7, 11) is 0. The lowest BCUT2D eigenvalue weighted by Gasteiger charge is -2.40. The van der Waals surface area contributed by atoms with Crippen molar-refractivity contribution >= 4 is 18.5 Å². The first-order chi connectivity index (χ1) is 13.6. The molecular formula is C21H28N2O6. The Kier molecular flexibility index (Phi) is 7.25. The van der Waals surface area contributed by atoms with Crippen LogP contribution in [0.15, 0.2) is 30.9 Å². The van der Waals surface area contributed by atoms with Crippen molar-refractivity contribution in [2.45, 2.75) is 32.9 Å². The number of aldehydes is 1. The largest absolute Gasteiger partial charge is 0.490 e. The lowest BCUT2D eigenvalue weighted by atomic mass is 10.00. The fourth-order valence-corrected chi connectivity index (χ4v) is 2.99. The predicted molar refractivity (Wildman–Crippen MR) is 107 cm³/mol. The highest BCUT2D eigenvalue weighted by atomic mass is 16.6. The number of carboxylic acid groups (broad SMARTS) is 1. The molecular weight excluding hydrogens is 376 g/mol. The van der Waals surface area contributed by atoms with E-state index < -0.39 is 17.8 Å². The van der Waals surface area contributed by atoms with E-state index in [0.29, 0.717) is 43.1 Å². The molecule has 0 bridgehead atoms. The van der Waals surface area contributed by atoms with Crippen LogP contribution in [0.4, 0.5) is 9.59 Å². The molecule has 2 rings (SSSR count). The van der Waals surface area contributed by atoms with E-state index >= 15 is 0 Å². The molecule has 8 heteroatoms. The van der Waals surface area contributed by atoms with Gasteiger partial charge < -0.3 is 24.4 Å². The summed E-state index contributed by atoms with van der Waals surface area (Å²) in [6.07, 6.45) is 0.869. The maximum Gasteiger partial charge on any atom is 0.410 e. The van der Waals surface area contributed by atoms with Crippen LogP contribution in [-0.4, -0.2) is 65.2 Å². The van der Waals surface area contributed by atoms with Crippen LogP contribution in [-0.2, 0) is 11.3 Å². The minimum absolute atomic E-state index is 0.0318. The van der Waals surface area contributed by atoms with Crippen LogP contribution < -0.4 is 4.74 Å². The molecule has 0 unspecified atom stereocenters. The Labute approximate surface area is 170 Å². The van der Waals surface area contributed by atoms with Crippen LogP contribution in [0.25, 0.3) is 0 Å². The minimum atomic E-state index is -0.965. The van der Waals surface area contributed by atoms with E-state index in [1.54, 1.807) is 45.0 Å². The molecule has 0 aromatic heterocycles. The van der Waals surface area contributed by atoms with Crippen LogP contribution >= 0.6 is 0 Å². The first kappa shape index (κ1) is 22.3. The molecule has 2 amide bonds. The number of ether oxygens (including phenoxy) is 2. The van der Waals surface area contributed by atoms with E-state index in [-0.39, 0.29) is 12.5 Å². The molecule has 0 radical (unpaired) electrons. The Bertz CT molecular complexity index is 765. The molecule has 1 fully saturated rings. The van der Waals surface area contributed by atoms with Crippen molar-refractivity contribution < 1.29 is 29.0 Å². The SMILES string of the molecule is C=CCOc1cc(C=O)cc(CN(CC2CN(C(=O)O)C2)C(=O)OC(C)(C)C)c1. The fourth-order valence-electron chi connectivity index (χ4n) is 2.99. The molecule has 29 heavy (non-hydrogen) atoms. The topological polar surface area (TPSA) is 96.4 Å². The van der Waals surface area contributed by atoms with Gasteiger partial charge in [0.05, 0.1) is 0 Å². The Balaban J connectivity index is 2.17. The Hall–Kier alpha value is -3.03. The van der Waals surface area contributed by atoms with Gasteiger partial charge in [-0.1, -0.05) is 12.7 Å². The highest BCUT2D eigenvalue weighted by molar-refractivity contribution is 5.76. The normalized spacial score (nSPS) is 14.0. The summed E-state index contributed by atoms with van der Waals surface area (Å²) in [4.78, 5) is 37.8. The van der Waals surface area contributed by atoms with Crippen molar-refractivity contribution in [2.24, 2.45) is 5.92 Å². The number of carbonyl (C=O) groups excluding carboxylic acids is 2. The molecule has 0 aliphatic carbocycles. The monoisotopic (exact) mass is 404 g/mol. The van der Waals surface area contributed by atoms with Crippen LogP contribution in [0.5, 0.6) is 5.75 Å². The second kappa shape index (κ2) is 9.45. The maximum atomic E-state index is 12.7. The summed E-state index contributed by atoms with van der Waals surface area (Å²) >= 11 is 0. The number of hydrogen-bond donors (Lipinski definition) is 1. The van der Waals surface area contributed by atoms with Gasteiger partial charge in [0.1, 0.15) is 24.2 Å². The smallest absolute Gasteiger partial charge is 0.410 e. The third-order valence-corrected chi connectivity index (χ3v) is 4.22. The number of carbonyl (C=O) groups is 3. The molecule has 0 spiro atoms. The average Bonchev–Trinajstić information content (AvgIpc) is 2.59. The van der Waals surface area contributed by atoms with Crippen LogP contribution in [0.3, 0.4) is 0 Å². The van der Waals surface area contributed by atoms with Gasteiger partial charge in [-0.2, -0.15) is 0 Å². The van der Waals surface area contributed by atoms with Crippen molar-refractivity contribution in [1.29, 1.82) is 0 Å². The minimum Gasteiger partial charge on any atom is -0.490 e. The third-order valence-electron chi connectivity index (χ3n) is 4.22. The lowest BCUT2D eigenvalue weighted by molar-refractivity contribution is 0.0101. The highest BCUT2D eigenvalue weighted by Crippen LogP contribution is 2.23. The fraction of sp³-hybridized carbons (Fsp3) is 0.476. The van der Waals surface area contributed by atoms with Gasteiger partial charge in [-0.15, -0.1) is 0 Å². The molecule has 1 heterocycles. The Morgan fingerprint density at radius 1 is 1.31 bits per heavy atom. The summed E-state index contributed by atoms with van der Waals surface area (Å²) in [5, 5.41) is 9.01. The maximum absolute atomic E-state index is 12.7. The van der Waals surface area contributed by atoms with E-state index in [9.17, 15) is 14.4 Å². The highest BCUT2D eigenvalue weighted by Gasteiger charge is 2.34. The van der Waals surface area contributed by atoms with Gasteiger partial charge in [0.25, 0.3) is 0 Å². The standard InChI is InChI=1S/C21H28N2O6/c1-5-6-28-18-8-15(7-16(9-18)14-24)10-23(20(27)29-21(2,3)4)13-17-11-22(12-17)19(25)26/h5,7-9,14,17H,1,6,10-13H2,2-4H3,(H,25,26). The molecule has 1 aromatic rings. The predicted octanol–water partition coefficient (Wildman–Crippen LogP) is 3.41. The van der Waals surface area contributed by atoms with E-state index in [4.69, 9.17) is 14.6 Å². The van der Waals surface area contributed by atoms with Gasteiger partial charge in [-0.25, -0.2) is 9.59 Å². The van der Waals surface area contributed by atoms with Gasteiger partial charge in [0.15, 0.2) is 0 Å². The van der Waals surface area contributed by atoms with Crippen LogP contribution in [0.1, 0.15) is 36.7 Å². The summed E-state index contributed by atoms with van der Waals surface area (Å²) < 4.78 is 11.0. The van der Waals surface area contributed by atoms with E-state index in [0.717, 1.165) is 6.29 Å². The third kappa shape index (κ3) is 6.81. The summed E-state index contributed by atoms with van der Waals surface area (Å²) in [5.41, 5.74) is 0.491. The molecule has 1 saturated heterocycles. The Morgan fingerprint density at radius 3 is 2.55 bits per heavy atom. The van der Waals surface area contributed by atoms with Crippen LogP contribution in [0.2, 0.25) is 0 Å². The van der Waals surface area contributed by atoms with Gasteiger partial charge in [-0.3, -0.25) is 4.79 Å². The lowest BCUT2D eigenvalue weighted by Crippen LogP contribution is -2.54. The van der Waals surface area contributed by atoms with Gasteiger partial charge >= 0.3 is 12.2 Å². The Morgan fingerprint density at radius 2 is 2.00 bits per heavy atom. The van der Waals surface area contributed by atoms with Gasteiger partial charge in [0, 0.05) is 37.7 Å². The summed E-state index contributed by atoms with van der Waals surface area (Å²) in [5.74, 6) is 0.540. The van der Waals surface area contributed by atoms with Crippen molar-refractivity contribution in [1.82, 2.24) is 9.80 Å². The van der Waals surface area contributed by atoms with Crippen molar-refractivity contribution in [3.05, 3.63) is 42.0 Å². The number of rotatable bonds is 8. The number of amides is 2. The quantitative estimate of drug-likeness (QED) is 0.527. The average molecular weight is 404 g/mol. The second-order valence-corrected chi connectivity index (χ2v) is 8.04.